The summed E-state index contributed by atoms with van der Waals surface area (Å²) in [5.41, 5.74) is 1.90. The Bertz CT molecular complexity index is 1100. The van der Waals surface area contributed by atoms with Crippen LogP contribution in [0.2, 0.25) is 0 Å². The van der Waals surface area contributed by atoms with Crippen LogP contribution in [0.1, 0.15) is 56.6 Å². The van der Waals surface area contributed by atoms with Gasteiger partial charge < -0.3 is 24.8 Å². The minimum atomic E-state index is -0.274. The average molecular weight is 440 g/mol. The first-order valence-corrected chi connectivity index (χ1v) is 10.9. The molecule has 170 valence electrons. The topological polar surface area (TPSA) is 110 Å². The van der Waals surface area contributed by atoms with Crippen LogP contribution in [0.4, 0.5) is 0 Å². The van der Waals surface area contributed by atoms with Crippen LogP contribution in [0, 0.1) is 0 Å². The Morgan fingerprint density at radius 3 is 2.44 bits per heavy atom. The van der Waals surface area contributed by atoms with Crippen molar-refractivity contribution < 1.29 is 24.8 Å². The molecule has 0 atom stereocenters. The van der Waals surface area contributed by atoms with Crippen molar-refractivity contribution in [1.29, 1.82) is 0 Å². The SMILES string of the molecule is COc1cc(Cn2c(O)nnc2-c2cc(C(C)C)c(O)cc2O)ccc1OC1CCCC1. The maximum Gasteiger partial charge on any atom is 0.315 e. The molecule has 0 bridgehead atoms. The van der Waals surface area contributed by atoms with Crippen LogP contribution in [0.25, 0.3) is 11.4 Å². The maximum absolute atomic E-state index is 10.4. The van der Waals surface area contributed by atoms with Crippen molar-refractivity contribution in [2.24, 2.45) is 0 Å². The molecule has 1 heterocycles. The van der Waals surface area contributed by atoms with E-state index in [1.54, 1.807) is 13.2 Å². The molecular weight excluding hydrogens is 410 g/mol. The molecule has 4 rings (SSSR count). The number of rotatable bonds is 7. The van der Waals surface area contributed by atoms with Crippen molar-refractivity contribution in [2.75, 3.05) is 7.11 Å². The lowest BCUT2D eigenvalue weighted by Gasteiger charge is -2.17. The minimum Gasteiger partial charge on any atom is -0.508 e. The van der Waals surface area contributed by atoms with Crippen molar-refractivity contribution in [3.8, 4) is 40.4 Å². The number of nitrogens with zero attached hydrogens (tertiary/aromatic N) is 3. The highest BCUT2D eigenvalue weighted by atomic mass is 16.5. The Balaban J connectivity index is 1.65. The third-order valence-electron chi connectivity index (χ3n) is 5.90. The molecule has 3 aromatic rings. The second kappa shape index (κ2) is 8.98. The summed E-state index contributed by atoms with van der Waals surface area (Å²) in [5, 5.41) is 38.8. The third-order valence-corrected chi connectivity index (χ3v) is 5.90. The van der Waals surface area contributed by atoms with Gasteiger partial charge in [-0.25, -0.2) is 0 Å². The number of ether oxygens (including phenoxy) is 2. The van der Waals surface area contributed by atoms with E-state index in [2.05, 4.69) is 10.2 Å². The Morgan fingerprint density at radius 2 is 1.75 bits per heavy atom. The summed E-state index contributed by atoms with van der Waals surface area (Å²) in [6, 6.07) is 8.34. The molecule has 32 heavy (non-hydrogen) atoms. The number of phenolic OH excluding ortho intramolecular Hbond substituents is 2. The molecule has 1 aromatic heterocycles. The van der Waals surface area contributed by atoms with Crippen molar-refractivity contribution in [1.82, 2.24) is 14.8 Å². The summed E-state index contributed by atoms with van der Waals surface area (Å²) in [7, 11) is 1.60. The predicted octanol–water partition coefficient (Wildman–Crippen LogP) is 4.56. The molecule has 0 spiro atoms. The molecule has 0 aliphatic heterocycles. The van der Waals surface area contributed by atoms with E-state index in [9.17, 15) is 15.3 Å². The molecule has 0 amide bonds. The fraction of sp³-hybridized carbons (Fsp3) is 0.417. The molecule has 0 saturated heterocycles. The van der Waals surface area contributed by atoms with E-state index in [0.29, 0.717) is 28.5 Å². The number of hydrogen-bond donors (Lipinski definition) is 3. The van der Waals surface area contributed by atoms with E-state index >= 15 is 0 Å². The minimum absolute atomic E-state index is 0.0131. The zero-order chi connectivity index (χ0) is 22.8. The largest absolute Gasteiger partial charge is 0.508 e. The lowest BCUT2D eigenvalue weighted by molar-refractivity contribution is 0.200. The number of hydrogen-bond acceptors (Lipinski definition) is 7. The fourth-order valence-corrected chi connectivity index (χ4v) is 4.15. The molecule has 1 aliphatic rings. The van der Waals surface area contributed by atoms with Crippen LogP contribution in [-0.2, 0) is 6.54 Å². The van der Waals surface area contributed by atoms with Crippen LogP contribution in [0.15, 0.2) is 30.3 Å². The van der Waals surface area contributed by atoms with E-state index in [0.717, 1.165) is 18.4 Å². The van der Waals surface area contributed by atoms with E-state index in [1.807, 2.05) is 32.0 Å². The zero-order valence-electron chi connectivity index (χ0n) is 18.6. The third kappa shape index (κ3) is 4.30. The van der Waals surface area contributed by atoms with E-state index < -0.39 is 0 Å². The van der Waals surface area contributed by atoms with Crippen molar-refractivity contribution in [3.63, 3.8) is 0 Å². The Labute approximate surface area is 187 Å². The van der Waals surface area contributed by atoms with Crippen LogP contribution in [-0.4, -0.2) is 43.3 Å². The number of benzene rings is 2. The Morgan fingerprint density at radius 1 is 1.00 bits per heavy atom. The Hall–Kier alpha value is -3.42. The predicted molar refractivity (Wildman–Crippen MR) is 120 cm³/mol. The van der Waals surface area contributed by atoms with Gasteiger partial charge in [0, 0.05) is 6.07 Å². The number of aromatic nitrogens is 3. The van der Waals surface area contributed by atoms with Gasteiger partial charge in [0.1, 0.15) is 11.5 Å². The molecule has 2 aromatic carbocycles. The molecule has 1 saturated carbocycles. The second-order valence-corrected chi connectivity index (χ2v) is 8.50. The van der Waals surface area contributed by atoms with Crippen molar-refractivity contribution in [2.45, 2.75) is 58.1 Å². The van der Waals surface area contributed by atoms with E-state index in [1.165, 1.54) is 23.5 Å². The van der Waals surface area contributed by atoms with Crippen molar-refractivity contribution in [3.05, 3.63) is 41.5 Å². The summed E-state index contributed by atoms with van der Waals surface area (Å²) >= 11 is 0. The Kier molecular flexibility index (Phi) is 6.12. The zero-order valence-corrected chi connectivity index (χ0v) is 18.6. The van der Waals surface area contributed by atoms with Gasteiger partial charge in [-0.1, -0.05) is 25.0 Å². The smallest absolute Gasteiger partial charge is 0.315 e. The van der Waals surface area contributed by atoms with Crippen LogP contribution in [0.5, 0.6) is 29.0 Å². The summed E-state index contributed by atoms with van der Waals surface area (Å²) in [6.45, 7) is 4.14. The van der Waals surface area contributed by atoms with Crippen molar-refractivity contribution >= 4 is 0 Å². The summed E-state index contributed by atoms with van der Waals surface area (Å²) in [6.07, 6.45) is 4.69. The van der Waals surface area contributed by atoms with Gasteiger partial charge in [-0.2, -0.15) is 0 Å². The standard InChI is InChI=1S/C24H29N3O5/c1-14(2)17-11-18(20(29)12-19(17)28)23-25-26-24(30)27(23)13-15-8-9-21(22(10-15)31-3)32-16-6-4-5-7-16/h8-12,14,16,28-29H,4-7,13H2,1-3H3,(H,26,30). The van der Waals surface area contributed by atoms with Gasteiger partial charge in [0.15, 0.2) is 17.3 Å². The van der Waals surface area contributed by atoms with Crippen LogP contribution < -0.4 is 9.47 Å². The van der Waals surface area contributed by atoms with Gasteiger partial charge in [0.05, 0.1) is 25.3 Å². The van der Waals surface area contributed by atoms with Gasteiger partial charge >= 0.3 is 6.01 Å². The average Bonchev–Trinajstić information content (AvgIpc) is 3.39. The van der Waals surface area contributed by atoms with Gasteiger partial charge in [0.25, 0.3) is 0 Å². The molecule has 8 heteroatoms. The molecule has 1 aliphatic carbocycles. The first kappa shape index (κ1) is 21.8. The fourth-order valence-electron chi connectivity index (χ4n) is 4.15. The summed E-state index contributed by atoms with van der Waals surface area (Å²) < 4.78 is 13.1. The normalized spacial score (nSPS) is 14.2. The highest BCUT2D eigenvalue weighted by Crippen LogP contribution is 2.38. The molecule has 1 fully saturated rings. The maximum atomic E-state index is 10.4. The molecular formula is C24H29N3O5. The number of phenols is 2. The van der Waals surface area contributed by atoms with E-state index in [-0.39, 0.29) is 36.1 Å². The molecule has 0 radical (unpaired) electrons. The van der Waals surface area contributed by atoms with Gasteiger partial charge in [-0.3, -0.25) is 4.57 Å². The molecule has 8 nitrogen and oxygen atoms in total. The monoisotopic (exact) mass is 439 g/mol. The van der Waals surface area contributed by atoms with E-state index in [4.69, 9.17) is 9.47 Å². The highest BCUT2D eigenvalue weighted by molar-refractivity contribution is 5.68. The second-order valence-electron chi connectivity index (χ2n) is 8.50. The highest BCUT2D eigenvalue weighted by Gasteiger charge is 2.21. The lowest BCUT2D eigenvalue weighted by atomic mass is 9.98. The van der Waals surface area contributed by atoms with Gasteiger partial charge in [0.2, 0.25) is 0 Å². The summed E-state index contributed by atoms with van der Waals surface area (Å²) in [4.78, 5) is 0. The quantitative estimate of drug-likeness (QED) is 0.495. The van der Waals surface area contributed by atoms with Gasteiger partial charge in [-0.15, -0.1) is 5.10 Å². The molecule has 0 unspecified atom stereocenters. The number of methoxy groups -OCH3 is 1. The first-order chi connectivity index (χ1) is 15.4. The summed E-state index contributed by atoms with van der Waals surface area (Å²) in [5.74, 6) is 1.54. The first-order valence-electron chi connectivity index (χ1n) is 10.9. The van der Waals surface area contributed by atoms with Crippen LogP contribution in [0.3, 0.4) is 0 Å². The lowest BCUT2D eigenvalue weighted by Crippen LogP contribution is -2.11. The number of aromatic hydroxyl groups is 3. The molecule has 3 N–H and O–H groups in total. The van der Waals surface area contributed by atoms with Crippen LogP contribution >= 0.6 is 0 Å². The van der Waals surface area contributed by atoms with Gasteiger partial charge in [-0.05, 0) is 60.9 Å².